The second kappa shape index (κ2) is 5.14. The monoisotopic (exact) mass is 213 g/mol. The number of carbonyl (C=O) groups is 2. The Labute approximate surface area is 90.6 Å². The number of nitrogens with zero attached hydrogens (tertiary/aromatic N) is 1. The Hall–Kier alpha value is -1.06. The summed E-state index contributed by atoms with van der Waals surface area (Å²) in [6.45, 7) is 2.21. The molecule has 0 aliphatic heterocycles. The van der Waals surface area contributed by atoms with Gasteiger partial charge in [-0.2, -0.15) is 0 Å². The predicted molar refractivity (Wildman–Crippen MR) is 56.2 cm³/mol. The summed E-state index contributed by atoms with van der Waals surface area (Å²) in [5.74, 6) is 0.214. The summed E-state index contributed by atoms with van der Waals surface area (Å²) in [6, 6.07) is 0. The van der Waals surface area contributed by atoms with Crippen LogP contribution in [0.15, 0.2) is 0 Å². The van der Waals surface area contributed by atoms with E-state index in [2.05, 4.69) is 4.74 Å². The first-order valence-corrected chi connectivity index (χ1v) is 5.36. The van der Waals surface area contributed by atoms with E-state index in [1.54, 1.807) is 18.9 Å². The zero-order valence-corrected chi connectivity index (χ0v) is 9.66. The van der Waals surface area contributed by atoms with Crippen molar-refractivity contribution in [3.63, 3.8) is 0 Å². The molecule has 1 aliphatic carbocycles. The van der Waals surface area contributed by atoms with Gasteiger partial charge in [-0.05, 0) is 18.8 Å². The summed E-state index contributed by atoms with van der Waals surface area (Å²) in [5, 5.41) is 0. The van der Waals surface area contributed by atoms with Crippen LogP contribution in [0, 0.1) is 11.8 Å². The number of esters is 1. The summed E-state index contributed by atoms with van der Waals surface area (Å²) in [6.07, 6.45) is 2.97. The number of rotatable bonds is 5. The van der Waals surface area contributed by atoms with Gasteiger partial charge in [0.1, 0.15) is 0 Å². The van der Waals surface area contributed by atoms with Crippen LogP contribution in [0.4, 0.5) is 0 Å². The van der Waals surface area contributed by atoms with Crippen molar-refractivity contribution in [2.24, 2.45) is 11.8 Å². The van der Waals surface area contributed by atoms with E-state index in [9.17, 15) is 9.59 Å². The van der Waals surface area contributed by atoms with E-state index < -0.39 is 0 Å². The minimum atomic E-state index is -0.263. The van der Waals surface area contributed by atoms with Crippen LogP contribution in [0.25, 0.3) is 0 Å². The van der Waals surface area contributed by atoms with E-state index in [1.807, 2.05) is 0 Å². The molecular weight excluding hydrogens is 194 g/mol. The van der Waals surface area contributed by atoms with Gasteiger partial charge in [0.25, 0.3) is 0 Å². The molecule has 1 saturated carbocycles. The van der Waals surface area contributed by atoms with E-state index >= 15 is 0 Å². The van der Waals surface area contributed by atoms with Crippen LogP contribution in [0.1, 0.15) is 26.2 Å². The summed E-state index contributed by atoms with van der Waals surface area (Å²) in [4.78, 5) is 24.4. The van der Waals surface area contributed by atoms with E-state index in [0.29, 0.717) is 18.9 Å². The SMILES string of the molecule is COC(=O)C(C)CN(C)C(=O)CC1CC1. The third kappa shape index (κ3) is 3.90. The second-order valence-corrected chi connectivity index (χ2v) is 4.35. The molecule has 4 heteroatoms. The molecule has 0 aromatic carbocycles. The maximum atomic E-state index is 11.6. The molecule has 86 valence electrons. The van der Waals surface area contributed by atoms with Crippen molar-refractivity contribution in [3.8, 4) is 0 Å². The maximum Gasteiger partial charge on any atom is 0.310 e. The Kier molecular flexibility index (Phi) is 4.12. The fraction of sp³-hybridized carbons (Fsp3) is 0.818. The Bertz CT molecular complexity index is 248. The van der Waals surface area contributed by atoms with Gasteiger partial charge in [0.15, 0.2) is 0 Å². The van der Waals surface area contributed by atoms with Gasteiger partial charge < -0.3 is 9.64 Å². The van der Waals surface area contributed by atoms with Crippen LogP contribution in [0.2, 0.25) is 0 Å². The summed E-state index contributed by atoms with van der Waals surface area (Å²) >= 11 is 0. The van der Waals surface area contributed by atoms with Crippen molar-refractivity contribution < 1.29 is 14.3 Å². The van der Waals surface area contributed by atoms with Gasteiger partial charge in [-0.1, -0.05) is 6.92 Å². The topological polar surface area (TPSA) is 46.6 Å². The fourth-order valence-corrected chi connectivity index (χ4v) is 1.51. The van der Waals surface area contributed by atoms with Crippen LogP contribution >= 0.6 is 0 Å². The Morgan fingerprint density at radius 1 is 1.47 bits per heavy atom. The molecule has 0 bridgehead atoms. The van der Waals surface area contributed by atoms with Crippen LogP contribution in [0.5, 0.6) is 0 Å². The van der Waals surface area contributed by atoms with Crippen molar-refractivity contribution in [3.05, 3.63) is 0 Å². The summed E-state index contributed by atoms with van der Waals surface area (Å²) in [7, 11) is 3.11. The first-order chi connectivity index (χ1) is 7.04. The average molecular weight is 213 g/mol. The molecule has 1 atom stereocenters. The second-order valence-electron chi connectivity index (χ2n) is 4.35. The summed E-state index contributed by atoms with van der Waals surface area (Å²) < 4.78 is 4.61. The number of methoxy groups -OCH3 is 1. The van der Waals surface area contributed by atoms with Gasteiger partial charge in [0, 0.05) is 20.0 Å². The van der Waals surface area contributed by atoms with Crippen LogP contribution in [0.3, 0.4) is 0 Å². The first kappa shape index (κ1) is 12.0. The molecule has 0 radical (unpaired) electrons. The number of hydrogen-bond acceptors (Lipinski definition) is 3. The molecule has 1 fully saturated rings. The number of hydrogen-bond donors (Lipinski definition) is 0. The van der Waals surface area contributed by atoms with Gasteiger partial charge in [-0.15, -0.1) is 0 Å². The van der Waals surface area contributed by atoms with Gasteiger partial charge in [-0.25, -0.2) is 0 Å². The quantitative estimate of drug-likeness (QED) is 0.641. The van der Waals surface area contributed by atoms with Crippen molar-refractivity contribution >= 4 is 11.9 Å². The number of carbonyl (C=O) groups excluding carboxylic acids is 2. The maximum absolute atomic E-state index is 11.6. The molecule has 0 heterocycles. The van der Waals surface area contributed by atoms with E-state index in [0.717, 1.165) is 0 Å². The van der Waals surface area contributed by atoms with Gasteiger partial charge in [-0.3, -0.25) is 9.59 Å². The minimum Gasteiger partial charge on any atom is -0.469 e. The molecule has 1 aliphatic rings. The van der Waals surface area contributed by atoms with Crippen LogP contribution in [-0.4, -0.2) is 37.5 Å². The molecule has 0 spiro atoms. The molecule has 1 unspecified atom stereocenters. The third-order valence-electron chi connectivity index (χ3n) is 2.74. The van der Waals surface area contributed by atoms with Gasteiger partial charge in [0.2, 0.25) is 5.91 Å². The molecule has 15 heavy (non-hydrogen) atoms. The molecule has 1 amide bonds. The minimum absolute atomic E-state index is 0.133. The molecular formula is C11H19NO3. The highest BCUT2D eigenvalue weighted by atomic mass is 16.5. The average Bonchev–Trinajstić information content (AvgIpc) is 3.00. The highest BCUT2D eigenvalue weighted by molar-refractivity contribution is 5.78. The van der Waals surface area contributed by atoms with Crippen molar-refractivity contribution in [2.75, 3.05) is 20.7 Å². The van der Waals surface area contributed by atoms with Crippen molar-refractivity contribution in [2.45, 2.75) is 26.2 Å². The predicted octanol–water partition coefficient (Wildman–Crippen LogP) is 1.05. The van der Waals surface area contributed by atoms with E-state index in [1.165, 1.54) is 20.0 Å². The molecule has 0 saturated heterocycles. The lowest BCUT2D eigenvalue weighted by molar-refractivity contribution is -0.146. The van der Waals surface area contributed by atoms with Gasteiger partial charge >= 0.3 is 5.97 Å². The molecule has 1 rings (SSSR count). The highest BCUT2D eigenvalue weighted by Crippen LogP contribution is 2.32. The van der Waals surface area contributed by atoms with Crippen molar-refractivity contribution in [1.29, 1.82) is 0 Å². The standard InChI is InChI=1S/C11H19NO3/c1-8(11(14)15-3)7-12(2)10(13)6-9-4-5-9/h8-9H,4-7H2,1-3H3. The molecule has 4 nitrogen and oxygen atoms in total. The molecule has 0 N–H and O–H groups in total. The third-order valence-corrected chi connectivity index (χ3v) is 2.74. The van der Waals surface area contributed by atoms with Crippen LogP contribution < -0.4 is 0 Å². The zero-order chi connectivity index (χ0) is 11.4. The Morgan fingerprint density at radius 3 is 2.53 bits per heavy atom. The largest absolute Gasteiger partial charge is 0.469 e. The van der Waals surface area contributed by atoms with E-state index in [4.69, 9.17) is 0 Å². The lowest BCUT2D eigenvalue weighted by Crippen LogP contribution is -2.34. The van der Waals surface area contributed by atoms with Crippen molar-refractivity contribution in [1.82, 2.24) is 4.90 Å². The van der Waals surface area contributed by atoms with E-state index in [-0.39, 0.29) is 17.8 Å². The zero-order valence-electron chi connectivity index (χ0n) is 9.66. The number of amides is 1. The first-order valence-electron chi connectivity index (χ1n) is 5.36. The lowest BCUT2D eigenvalue weighted by Gasteiger charge is -2.20. The normalized spacial score (nSPS) is 17.0. The van der Waals surface area contributed by atoms with Gasteiger partial charge in [0.05, 0.1) is 13.0 Å². The Balaban J connectivity index is 2.29. The lowest BCUT2D eigenvalue weighted by atomic mass is 10.1. The Morgan fingerprint density at radius 2 is 2.07 bits per heavy atom. The summed E-state index contributed by atoms with van der Waals surface area (Å²) in [5.41, 5.74) is 0. The fourth-order valence-electron chi connectivity index (χ4n) is 1.51. The smallest absolute Gasteiger partial charge is 0.310 e. The highest BCUT2D eigenvalue weighted by Gasteiger charge is 2.27. The molecule has 0 aromatic rings. The van der Waals surface area contributed by atoms with Crippen LogP contribution in [-0.2, 0) is 14.3 Å². The molecule has 0 aromatic heterocycles. The number of ether oxygens (including phenoxy) is 1.